The van der Waals surface area contributed by atoms with E-state index >= 15 is 0 Å². The zero-order valence-electron chi connectivity index (χ0n) is 65.6. The zero-order chi connectivity index (χ0) is 77.0. The van der Waals surface area contributed by atoms with Gasteiger partial charge in [-0.3, -0.25) is 0 Å². The number of hydrogen-bond donors (Lipinski definition) is 0. The maximum absolute atomic E-state index is 7.97. The van der Waals surface area contributed by atoms with Gasteiger partial charge in [-0.25, -0.2) is 0 Å². The Hall–Kier alpha value is -13.4. The van der Waals surface area contributed by atoms with Crippen LogP contribution < -0.4 is 26.0 Å². The largest absolute Gasteiger partial charge is 0.458 e. The minimum atomic E-state index is -0.314. The molecule has 16 aromatic carbocycles. The van der Waals surface area contributed by atoms with Gasteiger partial charge in [-0.1, -0.05) is 323 Å². The molecule has 0 saturated heterocycles. The summed E-state index contributed by atoms with van der Waals surface area (Å²) in [5.41, 5.74) is 33.6. The number of ether oxygens (including phenoxy) is 1. The minimum absolute atomic E-state index is 0.100. The summed E-state index contributed by atoms with van der Waals surface area (Å²) in [7, 11) is 0. The predicted octanol–water partition coefficient (Wildman–Crippen LogP) is 27.7. The Morgan fingerprint density at radius 1 is 0.272 bits per heavy atom. The number of anilines is 3. The number of aromatic nitrogens is 2. The Kier molecular flexibility index (Phi) is 15.7. The third-order valence-electron chi connectivity index (χ3n) is 24.3. The maximum atomic E-state index is 7.97. The normalized spacial score (nSPS) is 12.8. The summed E-state index contributed by atoms with van der Waals surface area (Å²) in [5.74, 6) is 1.62. The first-order chi connectivity index (χ1) is 55.4. The van der Waals surface area contributed by atoms with Crippen LogP contribution in [0.5, 0.6) is 11.5 Å². The Morgan fingerprint density at radius 3 is 1.39 bits per heavy atom. The second-order valence-corrected chi connectivity index (χ2v) is 34.3. The van der Waals surface area contributed by atoms with Crippen LogP contribution >= 0.6 is 0 Å². The van der Waals surface area contributed by atoms with Crippen molar-refractivity contribution in [3.05, 3.63) is 362 Å². The fourth-order valence-corrected chi connectivity index (χ4v) is 18.5. The molecular formula is C108H84BN3O2. The van der Waals surface area contributed by atoms with Crippen molar-refractivity contribution in [3.8, 4) is 101 Å². The first kappa shape index (κ1) is 68.6. The molecule has 0 aliphatic carbocycles. The number of furan rings is 1. The van der Waals surface area contributed by atoms with Crippen molar-refractivity contribution in [2.45, 2.75) is 78.6 Å². The predicted molar refractivity (Wildman–Crippen MR) is 482 cm³/mol. The van der Waals surface area contributed by atoms with Gasteiger partial charge >= 0.3 is 0 Å². The van der Waals surface area contributed by atoms with Crippen LogP contribution in [-0.4, -0.2) is 15.8 Å². The molecule has 2 aliphatic heterocycles. The topological polar surface area (TPSA) is 35.5 Å². The molecule has 19 aromatic rings. The van der Waals surface area contributed by atoms with Crippen molar-refractivity contribution >= 4 is 106 Å². The summed E-state index contributed by atoms with van der Waals surface area (Å²) < 4.78 is 20.3. The van der Waals surface area contributed by atoms with Gasteiger partial charge in [0.2, 0.25) is 0 Å². The van der Waals surface area contributed by atoms with Crippen molar-refractivity contribution in [1.82, 2.24) is 9.13 Å². The number of fused-ring (bicyclic) bond motifs is 13. The molecule has 21 rings (SSSR count). The molecule has 0 unspecified atom stereocenters. The van der Waals surface area contributed by atoms with Gasteiger partial charge in [0, 0.05) is 72.0 Å². The lowest BCUT2D eigenvalue weighted by Gasteiger charge is -2.42. The monoisotopic (exact) mass is 1470 g/mol. The number of nitrogens with zero attached hydrogens (tertiary/aromatic N) is 3. The average molecular weight is 1470 g/mol. The quantitative estimate of drug-likeness (QED) is 0.128. The number of rotatable bonds is 10. The van der Waals surface area contributed by atoms with E-state index in [1.54, 1.807) is 0 Å². The maximum Gasteiger partial charge on any atom is 0.256 e. The lowest BCUT2D eigenvalue weighted by molar-refractivity contribution is 0.487. The standard InChI is InChI=1S/C108H84BN3O2/c1-106(2,3)74-51-56-94-87(61-74)88-62-75(107(4,5)6)52-57-95(88)110(94)77-65-98-103-101(66-77)113-100-60-72(78-53-48-71(67-30-14-10-15-31-67)58-86(78)70-36-20-13-21-37-70)49-55-91(100)109(103)90-54-50-73(59-96(90)112(98)104-79(68-32-16-11-17-33-68)41-28-42-80(104)69-34-18-12-19-35-69)102-89(85-44-29-43-84-83-40-24-27-47-99(83)114-105(84)85)63-76(108(7,8)9)64-97(102)111-92-45-25-22-38-81(92)82-39-23-26-46-93(82)111/h10-66H,1-9H3. The first-order valence-electron chi connectivity index (χ1n) is 40.1. The van der Waals surface area contributed by atoms with Crippen molar-refractivity contribution in [1.29, 1.82) is 0 Å². The van der Waals surface area contributed by atoms with Crippen LogP contribution in [0.15, 0.2) is 350 Å². The molecule has 0 radical (unpaired) electrons. The number of benzene rings is 16. The van der Waals surface area contributed by atoms with E-state index in [1.807, 2.05) is 0 Å². The van der Waals surface area contributed by atoms with Crippen molar-refractivity contribution < 1.29 is 9.15 Å². The van der Waals surface area contributed by atoms with Gasteiger partial charge in [0.15, 0.2) is 0 Å². The Bertz CT molecular complexity index is 6940. The van der Waals surface area contributed by atoms with Crippen molar-refractivity contribution in [3.63, 3.8) is 0 Å². The molecule has 0 bridgehead atoms. The molecule has 0 N–H and O–H groups in total. The summed E-state index contributed by atoms with van der Waals surface area (Å²) in [6.45, 7) is 20.7. The molecule has 0 spiro atoms. The zero-order valence-corrected chi connectivity index (χ0v) is 65.6. The second-order valence-electron chi connectivity index (χ2n) is 34.3. The third kappa shape index (κ3) is 11.1. The van der Waals surface area contributed by atoms with Gasteiger partial charge in [0.05, 0.1) is 39.1 Å². The summed E-state index contributed by atoms with van der Waals surface area (Å²) in [5, 5.41) is 6.99. The highest BCUT2D eigenvalue weighted by molar-refractivity contribution is 6.99. The van der Waals surface area contributed by atoms with Crippen LogP contribution in [-0.2, 0) is 16.2 Å². The number of para-hydroxylation sites is 5. The molecule has 5 nitrogen and oxygen atoms in total. The fraction of sp³-hybridized carbons (Fsp3) is 0.111. The Morgan fingerprint density at radius 2 is 0.781 bits per heavy atom. The van der Waals surface area contributed by atoms with Crippen LogP contribution in [0.3, 0.4) is 0 Å². The highest BCUT2D eigenvalue weighted by Gasteiger charge is 2.44. The molecular weight excluding hydrogens is 1380 g/mol. The van der Waals surface area contributed by atoms with Gasteiger partial charge in [-0.2, -0.15) is 0 Å². The van der Waals surface area contributed by atoms with Crippen LogP contribution in [0.25, 0.3) is 155 Å². The third-order valence-corrected chi connectivity index (χ3v) is 24.3. The van der Waals surface area contributed by atoms with Crippen molar-refractivity contribution in [2.24, 2.45) is 0 Å². The van der Waals surface area contributed by atoms with Gasteiger partial charge in [0.25, 0.3) is 6.71 Å². The Balaban J connectivity index is 0.909. The summed E-state index contributed by atoms with van der Waals surface area (Å²) in [6.07, 6.45) is 0. The number of hydrogen-bond acceptors (Lipinski definition) is 3. The van der Waals surface area contributed by atoms with E-state index in [4.69, 9.17) is 9.15 Å². The van der Waals surface area contributed by atoms with Gasteiger partial charge in [0.1, 0.15) is 22.7 Å². The molecule has 0 amide bonds. The lowest BCUT2D eigenvalue weighted by Crippen LogP contribution is -2.59. The van der Waals surface area contributed by atoms with E-state index in [9.17, 15) is 0 Å². The molecule has 5 heterocycles. The highest BCUT2D eigenvalue weighted by Crippen LogP contribution is 2.54. The molecule has 546 valence electrons. The highest BCUT2D eigenvalue weighted by atomic mass is 16.5. The smallest absolute Gasteiger partial charge is 0.256 e. The second kappa shape index (κ2) is 26.1. The molecule has 114 heavy (non-hydrogen) atoms. The van der Waals surface area contributed by atoms with Crippen LogP contribution in [0, 0.1) is 0 Å². The summed E-state index contributed by atoms with van der Waals surface area (Å²) >= 11 is 0. The van der Waals surface area contributed by atoms with E-state index in [0.717, 1.165) is 173 Å². The van der Waals surface area contributed by atoms with E-state index in [1.165, 1.54) is 43.8 Å². The minimum Gasteiger partial charge on any atom is -0.458 e. The molecule has 3 aromatic heterocycles. The van der Waals surface area contributed by atoms with Crippen LogP contribution in [0.1, 0.15) is 79.0 Å². The van der Waals surface area contributed by atoms with Gasteiger partial charge in [-0.05, 0) is 184 Å². The Labute approximate surface area is 666 Å². The lowest BCUT2D eigenvalue weighted by atomic mass is 9.34. The van der Waals surface area contributed by atoms with E-state index in [-0.39, 0.29) is 23.0 Å². The summed E-state index contributed by atoms with van der Waals surface area (Å²) in [4.78, 5) is 2.65. The molecule has 0 fully saturated rings. The summed E-state index contributed by atoms with van der Waals surface area (Å²) in [6, 6.07) is 129. The molecule has 0 atom stereocenters. The molecule has 6 heteroatoms. The first-order valence-corrected chi connectivity index (χ1v) is 40.1. The fourth-order valence-electron chi connectivity index (χ4n) is 18.5. The van der Waals surface area contributed by atoms with E-state index < -0.39 is 0 Å². The van der Waals surface area contributed by atoms with E-state index in [0.29, 0.717) is 0 Å². The van der Waals surface area contributed by atoms with E-state index in [2.05, 4.69) is 422 Å². The SMILES string of the molecule is CC(C)(C)c1cc(-c2cccc3c2oc2ccccc23)c(-c2ccc3c(c2)N(c2c(-c4ccccc4)cccc2-c2ccccc2)c2cc(-n4c5ccc(C(C)(C)C)cc5c5cc(C(C)(C)C)ccc54)cc4c2B3c2ccc(-c3ccc(-c5ccccc5)cc3-c3ccccc3)cc2O4)c(-n2c3ccccc3c3ccccc32)c1. The van der Waals surface area contributed by atoms with Crippen LogP contribution in [0.4, 0.5) is 17.1 Å². The molecule has 0 saturated carbocycles. The van der Waals surface area contributed by atoms with Crippen molar-refractivity contribution in [2.75, 3.05) is 4.90 Å². The van der Waals surface area contributed by atoms with Crippen LogP contribution in [0.2, 0.25) is 0 Å². The average Bonchev–Trinajstić information content (AvgIpc) is 0.789. The molecule has 2 aliphatic rings. The van der Waals surface area contributed by atoms with Gasteiger partial charge < -0.3 is 23.2 Å². The van der Waals surface area contributed by atoms with Gasteiger partial charge in [-0.15, -0.1) is 0 Å².